The number of thioether (sulfide) groups is 1. The summed E-state index contributed by atoms with van der Waals surface area (Å²) in [5.41, 5.74) is 2.65. The van der Waals surface area contributed by atoms with E-state index < -0.39 is 0 Å². The van der Waals surface area contributed by atoms with Crippen LogP contribution in [-0.2, 0) is 16.1 Å². The molecule has 6 nitrogen and oxygen atoms in total. The minimum Gasteiger partial charge on any atom is -0.378 e. The van der Waals surface area contributed by atoms with Crippen LogP contribution < -0.4 is 5.56 Å². The molecule has 3 heterocycles. The standard InChI is InChI=1S/C25H22ClN3O3S2/c26-19-8-6-18(7-9-19)20-15-33-23-22(20)24(31)29(14-17-4-2-1-3-5-17)25(27-23)34-16-21(30)28-10-12-32-13-11-28/h1-9,15H,10-14,16H2. The van der Waals surface area contributed by atoms with Crippen molar-refractivity contribution < 1.29 is 9.53 Å². The Morgan fingerprint density at radius 3 is 2.56 bits per heavy atom. The highest BCUT2D eigenvalue weighted by Crippen LogP contribution is 2.33. The average Bonchev–Trinajstić information content (AvgIpc) is 3.30. The largest absolute Gasteiger partial charge is 0.378 e. The Balaban J connectivity index is 1.53. The predicted molar refractivity (Wildman–Crippen MR) is 138 cm³/mol. The van der Waals surface area contributed by atoms with E-state index in [0.717, 1.165) is 16.7 Å². The summed E-state index contributed by atoms with van der Waals surface area (Å²) in [6.45, 7) is 2.69. The maximum atomic E-state index is 13.8. The Morgan fingerprint density at radius 1 is 1.09 bits per heavy atom. The third kappa shape index (κ3) is 4.90. The number of carbonyl (C=O) groups is 1. The quantitative estimate of drug-likeness (QED) is 0.275. The second-order valence-electron chi connectivity index (χ2n) is 7.89. The van der Waals surface area contributed by atoms with Crippen LogP contribution in [0, 0.1) is 0 Å². The van der Waals surface area contributed by atoms with Crippen LogP contribution in [0.25, 0.3) is 21.3 Å². The smallest absolute Gasteiger partial charge is 0.263 e. The number of halogens is 1. The molecule has 9 heteroatoms. The molecule has 0 N–H and O–H groups in total. The van der Waals surface area contributed by atoms with Crippen molar-refractivity contribution in [1.82, 2.24) is 14.5 Å². The van der Waals surface area contributed by atoms with Gasteiger partial charge in [-0.3, -0.25) is 14.2 Å². The van der Waals surface area contributed by atoms with Gasteiger partial charge in [0, 0.05) is 29.1 Å². The Hall–Kier alpha value is -2.65. The minimum absolute atomic E-state index is 0.0296. The minimum atomic E-state index is -0.110. The molecular weight excluding hydrogens is 490 g/mol. The van der Waals surface area contributed by atoms with Crippen LogP contribution in [0.1, 0.15) is 5.56 Å². The highest BCUT2D eigenvalue weighted by atomic mass is 35.5. The van der Waals surface area contributed by atoms with E-state index in [1.165, 1.54) is 23.1 Å². The van der Waals surface area contributed by atoms with E-state index in [1.807, 2.05) is 60.0 Å². The fraction of sp³-hybridized carbons (Fsp3) is 0.240. The lowest BCUT2D eigenvalue weighted by molar-refractivity contribution is -0.132. The number of benzene rings is 2. The zero-order valence-electron chi connectivity index (χ0n) is 18.3. The van der Waals surface area contributed by atoms with E-state index in [9.17, 15) is 9.59 Å². The molecule has 174 valence electrons. The van der Waals surface area contributed by atoms with Gasteiger partial charge in [0.15, 0.2) is 5.16 Å². The van der Waals surface area contributed by atoms with Crippen LogP contribution in [-0.4, -0.2) is 52.4 Å². The molecule has 0 spiro atoms. The molecular formula is C25H22ClN3O3S2. The van der Waals surface area contributed by atoms with Crippen molar-refractivity contribution >= 4 is 50.8 Å². The van der Waals surface area contributed by atoms with Crippen molar-refractivity contribution in [1.29, 1.82) is 0 Å². The van der Waals surface area contributed by atoms with E-state index in [-0.39, 0.29) is 17.2 Å². The molecule has 0 radical (unpaired) electrons. The fourth-order valence-electron chi connectivity index (χ4n) is 3.89. The maximum Gasteiger partial charge on any atom is 0.263 e. The van der Waals surface area contributed by atoms with Crippen molar-refractivity contribution in [3.8, 4) is 11.1 Å². The molecule has 2 aromatic heterocycles. The zero-order chi connectivity index (χ0) is 23.5. The molecule has 4 aromatic rings. The second kappa shape index (κ2) is 10.3. The Labute approximate surface area is 210 Å². The van der Waals surface area contributed by atoms with Gasteiger partial charge in [-0.1, -0.05) is 65.8 Å². The molecule has 0 saturated carbocycles. The summed E-state index contributed by atoms with van der Waals surface area (Å²) in [6.07, 6.45) is 0. The third-order valence-electron chi connectivity index (χ3n) is 5.69. The van der Waals surface area contributed by atoms with Crippen LogP contribution >= 0.6 is 34.7 Å². The maximum absolute atomic E-state index is 13.8. The second-order valence-corrected chi connectivity index (χ2v) is 10.1. The van der Waals surface area contributed by atoms with E-state index in [0.29, 0.717) is 53.2 Å². The van der Waals surface area contributed by atoms with Crippen LogP contribution in [0.4, 0.5) is 0 Å². The van der Waals surface area contributed by atoms with E-state index >= 15 is 0 Å². The molecule has 0 bridgehead atoms. The van der Waals surface area contributed by atoms with Gasteiger partial charge in [-0.2, -0.15) is 0 Å². The fourth-order valence-corrected chi connectivity index (χ4v) is 5.91. The zero-order valence-corrected chi connectivity index (χ0v) is 20.7. The average molecular weight is 512 g/mol. The van der Waals surface area contributed by atoms with E-state index in [4.69, 9.17) is 21.3 Å². The number of carbonyl (C=O) groups excluding carboxylic acids is 1. The number of thiophene rings is 1. The first-order valence-electron chi connectivity index (χ1n) is 10.9. The summed E-state index contributed by atoms with van der Waals surface area (Å²) < 4.78 is 7.02. The van der Waals surface area contributed by atoms with Crippen LogP contribution in [0.3, 0.4) is 0 Å². The summed E-state index contributed by atoms with van der Waals surface area (Å²) in [5.74, 6) is 0.254. The van der Waals surface area contributed by atoms with Gasteiger partial charge in [0.2, 0.25) is 5.91 Å². The van der Waals surface area contributed by atoms with Gasteiger partial charge in [0.1, 0.15) is 4.83 Å². The first-order chi connectivity index (χ1) is 16.6. The SMILES string of the molecule is O=C(CSc1nc2scc(-c3ccc(Cl)cc3)c2c(=O)n1Cc1ccccc1)N1CCOCC1. The molecule has 1 aliphatic heterocycles. The first kappa shape index (κ1) is 23.1. The van der Waals surface area contributed by atoms with Gasteiger partial charge in [0.25, 0.3) is 5.56 Å². The van der Waals surface area contributed by atoms with Gasteiger partial charge in [-0.05, 0) is 23.3 Å². The number of ether oxygens (including phenoxy) is 1. The van der Waals surface area contributed by atoms with E-state index in [1.54, 1.807) is 9.47 Å². The molecule has 1 saturated heterocycles. The Bertz CT molecular complexity index is 1360. The Morgan fingerprint density at radius 2 is 1.82 bits per heavy atom. The molecule has 2 aromatic carbocycles. The Kier molecular flexibility index (Phi) is 7.01. The van der Waals surface area contributed by atoms with Crippen molar-refractivity contribution in [2.24, 2.45) is 0 Å². The van der Waals surface area contributed by atoms with Gasteiger partial charge in [-0.25, -0.2) is 4.98 Å². The van der Waals surface area contributed by atoms with Gasteiger partial charge >= 0.3 is 0 Å². The molecule has 1 fully saturated rings. The number of amides is 1. The highest BCUT2D eigenvalue weighted by Gasteiger charge is 2.21. The molecule has 34 heavy (non-hydrogen) atoms. The lowest BCUT2D eigenvalue weighted by Crippen LogP contribution is -2.41. The number of hydrogen-bond acceptors (Lipinski definition) is 6. The molecule has 1 amide bonds. The molecule has 0 aliphatic carbocycles. The summed E-state index contributed by atoms with van der Waals surface area (Å²) in [4.78, 5) is 33.8. The topological polar surface area (TPSA) is 64.4 Å². The summed E-state index contributed by atoms with van der Waals surface area (Å²) in [5, 5.41) is 3.74. The van der Waals surface area contributed by atoms with Gasteiger partial charge in [0.05, 0.1) is 30.9 Å². The lowest BCUT2D eigenvalue weighted by atomic mass is 10.1. The number of hydrogen-bond donors (Lipinski definition) is 0. The van der Waals surface area contributed by atoms with Crippen LogP contribution in [0.2, 0.25) is 5.02 Å². The number of rotatable bonds is 6. The highest BCUT2D eigenvalue weighted by molar-refractivity contribution is 7.99. The molecule has 1 aliphatic rings. The van der Waals surface area contributed by atoms with Crippen molar-refractivity contribution in [2.45, 2.75) is 11.7 Å². The van der Waals surface area contributed by atoms with Crippen molar-refractivity contribution in [3.05, 3.63) is 80.9 Å². The lowest BCUT2D eigenvalue weighted by Gasteiger charge is -2.26. The predicted octanol–water partition coefficient (Wildman–Crippen LogP) is 4.78. The number of aromatic nitrogens is 2. The number of fused-ring (bicyclic) bond motifs is 1. The number of morpholine rings is 1. The number of nitrogens with zero attached hydrogens (tertiary/aromatic N) is 3. The van der Waals surface area contributed by atoms with Crippen molar-refractivity contribution in [3.63, 3.8) is 0 Å². The summed E-state index contributed by atoms with van der Waals surface area (Å²) >= 11 is 8.81. The normalized spacial score (nSPS) is 14.0. The molecule has 0 unspecified atom stereocenters. The summed E-state index contributed by atoms with van der Waals surface area (Å²) in [7, 11) is 0. The monoisotopic (exact) mass is 511 g/mol. The van der Waals surface area contributed by atoms with Gasteiger partial charge < -0.3 is 9.64 Å². The van der Waals surface area contributed by atoms with Crippen LogP contribution in [0.5, 0.6) is 0 Å². The molecule has 5 rings (SSSR count). The van der Waals surface area contributed by atoms with Crippen molar-refractivity contribution in [2.75, 3.05) is 32.1 Å². The first-order valence-corrected chi connectivity index (χ1v) is 13.1. The van der Waals surface area contributed by atoms with E-state index in [2.05, 4.69) is 0 Å². The third-order valence-corrected chi connectivity index (χ3v) is 7.77. The van der Waals surface area contributed by atoms with Gasteiger partial charge in [-0.15, -0.1) is 11.3 Å². The van der Waals surface area contributed by atoms with Crippen LogP contribution in [0.15, 0.2) is 69.9 Å². The molecule has 0 atom stereocenters. The summed E-state index contributed by atoms with van der Waals surface area (Å²) in [6, 6.07) is 17.3.